The molecule has 0 atom stereocenters. The fourth-order valence-electron chi connectivity index (χ4n) is 2.64. The quantitative estimate of drug-likeness (QED) is 0.803. The van der Waals surface area contributed by atoms with Crippen LogP contribution >= 0.6 is 11.6 Å². The van der Waals surface area contributed by atoms with E-state index in [-0.39, 0.29) is 10.9 Å². The Balaban J connectivity index is 2.27. The van der Waals surface area contributed by atoms with Crippen molar-refractivity contribution in [2.45, 2.75) is 50.0 Å². The largest absolute Gasteiger partial charge is 0.244 e. The summed E-state index contributed by atoms with van der Waals surface area (Å²) in [6.07, 6.45) is 6.66. The normalized spacial score (nSPS) is 17.8. The van der Waals surface area contributed by atoms with Crippen molar-refractivity contribution in [3.05, 3.63) is 23.5 Å². The lowest BCUT2D eigenvalue weighted by atomic mass is 9.95. The van der Waals surface area contributed by atoms with Gasteiger partial charge in [0, 0.05) is 18.8 Å². The highest BCUT2D eigenvalue weighted by Gasteiger charge is 2.31. The maximum Gasteiger partial charge on any atom is 0.244 e. The molecule has 2 rings (SSSR count). The molecule has 0 aromatic carbocycles. The molecule has 1 aromatic rings. The Kier molecular flexibility index (Phi) is 4.81. The van der Waals surface area contributed by atoms with Crippen molar-refractivity contribution in [2.75, 3.05) is 6.54 Å². The van der Waals surface area contributed by atoms with Crippen LogP contribution in [0.3, 0.4) is 0 Å². The molecule has 0 bridgehead atoms. The second-order valence-electron chi connectivity index (χ2n) is 4.82. The fraction of sp³-hybridized carbons (Fsp3) is 0.615. The molecule has 6 heteroatoms. The van der Waals surface area contributed by atoms with Crippen LogP contribution in [0.2, 0.25) is 5.15 Å². The Labute approximate surface area is 119 Å². The van der Waals surface area contributed by atoms with Crippen LogP contribution in [-0.2, 0) is 10.0 Å². The molecular weight excluding hydrogens is 284 g/mol. The highest BCUT2D eigenvalue weighted by Crippen LogP contribution is 2.27. The summed E-state index contributed by atoms with van der Waals surface area (Å²) in [5, 5.41) is 0.305. The van der Waals surface area contributed by atoms with Crippen molar-refractivity contribution in [1.82, 2.24) is 9.29 Å². The summed E-state index contributed by atoms with van der Waals surface area (Å²) < 4.78 is 26.8. The van der Waals surface area contributed by atoms with Crippen LogP contribution in [-0.4, -0.2) is 30.3 Å². The molecule has 106 valence electrons. The Bertz CT molecular complexity index is 510. The van der Waals surface area contributed by atoms with Crippen molar-refractivity contribution in [2.24, 2.45) is 0 Å². The number of nitrogens with zero attached hydrogens (tertiary/aromatic N) is 2. The lowest BCUT2D eigenvalue weighted by Gasteiger charge is -2.32. The predicted octanol–water partition coefficient (Wildman–Crippen LogP) is 3.08. The minimum absolute atomic E-state index is 0.124. The third-order valence-electron chi connectivity index (χ3n) is 3.60. The predicted molar refractivity (Wildman–Crippen MR) is 75.7 cm³/mol. The molecule has 0 radical (unpaired) electrons. The molecule has 4 nitrogen and oxygen atoms in total. The molecule has 1 aromatic heterocycles. The van der Waals surface area contributed by atoms with Gasteiger partial charge in [0.15, 0.2) is 0 Å². The van der Waals surface area contributed by atoms with E-state index in [4.69, 9.17) is 11.6 Å². The van der Waals surface area contributed by atoms with E-state index < -0.39 is 10.0 Å². The standard InChI is InChI=1S/C13H19ClN2O2S/c1-2-16(11-6-4-3-5-7-11)19(17,18)12-8-9-13(14)15-10-12/h8-11H,2-7H2,1H3. The first-order chi connectivity index (χ1) is 9.05. The van der Waals surface area contributed by atoms with Gasteiger partial charge in [0.2, 0.25) is 10.0 Å². The van der Waals surface area contributed by atoms with E-state index in [2.05, 4.69) is 4.98 Å². The topological polar surface area (TPSA) is 50.3 Å². The molecule has 19 heavy (non-hydrogen) atoms. The van der Waals surface area contributed by atoms with Crippen LogP contribution < -0.4 is 0 Å². The molecule has 0 aliphatic heterocycles. The fourth-order valence-corrected chi connectivity index (χ4v) is 4.40. The zero-order valence-electron chi connectivity index (χ0n) is 11.0. The first-order valence-electron chi connectivity index (χ1n) is 6.69. The molecule has 1 aliphatic carbocycles. The molecular formula is C13H19ClN2O2S. The summed E-state index contributed by atoms with van der Waals surface area (Å²) in [7, 11) is -3.46. The molecule has 1 aliphatic rings. The molecule has 1 saturated carbocycles. The average Bonchev–Trinajstić information content (AvgIpc) is 2.41. The molecule has 0 unspecified atom stereocenters. The number of sulfonamides is 1. The average molecular weight is 303 g/mol. The lowest BCUT2D eigenvalue weighted by Crippen LogP contribution is -2.41. The van der Waals surface area contributed by atoms with Gasteiger partial charge in [0.1, 0.15) is 10.0 Å². The number of rotatable bonds is 4. The second-order valence-corrected chi connectivity index (χ2v) is 7.09. The van der Waals surface area contributed by atoms with Gasteiger partial charge in [-0.15, -0.1) is 0 Å². The molecule has 0 saturated heterocycles. The van der Waals surface area contributed by atoms with Gasteiger partial charge < -0.3 is 0 Å². The highest BCUT2D eigenvalue weighted by molar-refractivity contribution is 7.89. The summed E-state index contributed by atoms with van der Waals surface area (Å²) in [4.78, 5) is 4.09. The van der Waals surface area contributed by atoms with Crippen molar-refractivity contribution >= 4 is 21.6 Å². The molecule has 1 heterocycles. The van der Waals surface area contributed by atoms with E-state index in [9.17, 15) is 8.42 Å². The van der Waals surface area contributed by atoms with Crippen molar-refractivity contribution in [1.29, 1.82) is 0 Å². The summed E-state index contributed by atoms with van der Waals surface area (Å²) in [6, 6.07) is 3.17. The van der Waals surface area contributed by atoms with Gasteiger partial charge in [-0.25, -0.2) is 13.4 Å². The van der Waals surface area contributed by atoms with Crippen LogP contribution in [0.15, 0.2) is 23.2 Å². The van der Waals surface area contributed by atoms with Crippen LogP contribution in [0.5, 0.6) is 0 Å². The second kappa shape index (κ2) is 6.20. The van der Waals surface area contributed by atoms with Crippen molar-refractivity contribution < 1.29 is 8.42 Å². The van der Waals surface area contributed by atoms with Gasteiger partial charge in [-0.1, -0.05) is 37.8 Å². The zero-order valence-corrected chi connectivity index (χ0v) is 12.6. The van der Waals surface area contributed by atoms with E-state index >= 15 is 0 Å². The molecule has 0 amide bonds. The molecule has 1 fully saturated rings. The smallest absolute Gasteiger partial charge is 0.243 e. The van der Waals surface area contributed by atoms with Gasteiger partial charge in [-0.3, -0.25) is 0 Å². The monoisotopic (exact) mass is 302 g/mol. The van der Waals surface area contributed by atoms with Crippen LogP contribution in [0.4, 0.5) is 0 Å². The summed E-state index contributed by atoms with van der Waals surface area (Å²) in [6.45, 7) is 2.38. The minimum Gasteiger partial charge on any atom is -0.243 e. The van der Waals surface area contributed by atoms with E-state index in [0.717, 1.165) is 25.7 Å². The Morgan fingerprint density at radius 3 is 2.53 bits per heavy atom. The highest BCUT2D eigenvalue weighted by atomic mass is 35.5. The lowest BCUT2D eigenvalue weighted by molar-refractivity contribution is 0.261. The maximum atomic E-state index is 12.6. The van der Waals surface area contributed by atoms with Gasteiger partial charge >= 0.3 is 0 Å². The first kappa shape index (κ1) is 14.8. The summed E-state index contributed by atoms with van der Waals surface area (Å²) >= 11 is 5.70. The van der Waals surface area contributed by atoms with Crippen molar-refractivity contribution in [3.63, 3.8) is 0 Å². The summed E-state index contributed by atoms with van der Waals surface area (Å²) in [5.41, 5.74) is 0. The Morgan fingerprint density at radius 1 is 1.32 bits per heavy atom. The van der Waals surface area contributed by atoms with Crippen LogP contribution in [0.1, 0.15) is 39.0 Å². The van der Waals surface area contributed by atoms with Crippen molar-refractivity contribution in [3.8, 4) is 0 Å². The Morgan fingerprint density at radius 2 is 2.00 bits per heavy atom. The van der Waals surface area contributed by atoms with Gasteiger partial charge in [-0.2, -0.15) is 4.31 Å². The van der Waals surface area contributed by atoms with Gasteiger partial charge in [0.25, 0.3) is 0 Å². The number of aromatic nitrogens is 1. The maximum absolute atomic E-state index is 12.6. The third-order valence-corrected chi connectivity index (χ3v) is 5.84. The molecule has 0 spiro atoms. The SMILES string of the molecule is CCN(C1CCCCC1)S(=O)(=O)c1ccc(Cl)nc1. The number of halogens is 1. The first-order valence-corrected chi connectivity index (χ1v) is 8.51. The van der Waals surface area contributed by atoms with E-state index in [0.29, 0.717) is 11.7 Å². The van der Waals surface area contributed by atoms with Gasteiger partial charge in [-0.05, 0) is 25.0 Å². The number of hydrogen-bond acceptors (Lipinski definition) is 3. The number of hydrogen-bond donors (Lipinski definition) is 0. The molecule has 0 N–H and O–H groups in total. The summed E-state index contributed by atoms with van der Waals surface area (Å²) in [5.74, 6) is 0. The Hall–Kier alpha value is -0.650. The minimum atomic E-state index is -3.46. The zero-order chi connectivity index (χ0) is 13.9. The van der Waals surface area contributed by atoms with E-state index in [1.165, 1.54) is 24.8 Å². The van der Waals surface area contributed by atoms with E-state index in [1.807, 2.05) is 6.92 Å². The van der Waals surface area contributed by atoms with Crippen LogP contribution in [0, 0.1) is 0 Å². The number of pyridine rings is 1. The van der Waals surface area contributed by atoms with Gasteiger partial charge in [0.05, 0.1) is 0 Å². The third kappa shape index (κ3) is 3.27. The van der Waals surface area contributed by atoms with Crippen LogP contribution in [0.25, 0.3) is 0 Å². The van der Waals surface area contributed by atoms with E-state index in [1.54, 1.807) is 4.31 Å².